The molecule has 17 heavy (non-hydrogen) atoms. The van der Waals surface area contributed by atoms with Gasteiger partial charge >= 0.3 is 0 Å². The zero-order valence-corrected chi connectivity index (χ0v) is 11.2. The third kappa shape index (κ3) is 5.84. The van der Waals surface area contributed by atoms with Gasteiger partial charge in [-0.25, -0.2) is 0 Å². The molecule has 1 rings (SSSR count). The summed E-state index contributed by atoms with van der Waals surface area (Å²) in [5.41, 5.74) is 0. The highest BCUT2D eigenvalue weighted by atomic mass is 32.2. The molecule has 96 valence electrons. The van der Waals surface area contributed by atoms with Crippen molar-refractivity contribution in [1.82, 2.24) is 0 Å². The lowest BCUT2D eigenvalue weighted by Crippen LogP contribution is -2.06. The van der Waals surface area contributed by atoms with E-state index in [4.69, 9.17) is 14.6 Å². The molecule has 0 radical (unpaired) electrons. The number of ether oxygens (including phenoxy) is 2. The van der Waals surface area contributed by atoms with Crippen molar-refractivity contribution < 1.29 is 14.6 Å². The van der Waals surface area contributed by atoms with Gasteiger partial charge in [0.05, 0.1) is 13.7 Å². The number of aliphatic hydroxyl groups excluding tert-OH is 1. The molecule has 0 aromatic heterocycles. The number of thioether (sulfide) groups is 1. The molecule has 1 aromatic carbocycles. The summed E-state index contributed by atoms with van der Waals surface area (Å²) in [7, 11) is 1.65. The van der Waals surface area contributed by atoms with Gasteiger partial charge in [-0.2, -0.15) is 11.8 Å². The Kier molecular flexibility index (Phi) is 6.89. The highest BCUT2D eigenvalue weighted by Gasteiger charge is 2.00. The van der Waals surface area contributed by atoms with E-state index in [1.54, 1.807) is 18.9 Å². The molecule has 1 unspecified atom stereocenters. The third-order valence-corrected chi connectivity index (χ3v) is 3.53. The topological polar surface area (TPSA) is 38.7 Å². The minimum Gasteiger partial charge on any atom is -0.497 e. The maximum atomic E-state index is 8.86. The van der Waals surface area contributed by atoms with Crippen LogP contribution in [0.4, 0.5) is 0 Å². The second-order valence-electron chi connectivity index (χ2n) is 3.89. The first-order valence-electron chi connectivity index (χ1n) is 5.71. The SMILES string of the molecule is COc1ccc(OCCSCC(C)CO)cc1. The predicted octanol–water partition coefficient (Wildman–Crippen LogP) is 2.44. The van der Waals surface area contributed by atoms with Gasteiger partial charge in [0.1, 0.15) is 11.5 Å². The lowest BCUT2D eigenvalue weighted by molar-refractivity contribution is 0.250. The van der Waals surface area contributed by atoms with Crippen LogP contribution in [0, 0.1) is 5.92 Å². The Morgan fingerprint density at radius 2 is 1.88 bits per heavy atom. The molecular weight excluding hydrogens is 236 g/mol. The standard InChI is InChI=1S/C13H20O3S/c1-11(9-14)10-17-8-7-16-13-5-3-12(15-2)4-6-13/h3-6,11,14H,7-10H2,1-2H3. The Morgan fingerprint density at radius 3 is 2.47 bits per heavy atom. The summed E-state index contributed by atoms with van der Waals surface area (Å²) in [6, 6.07) is 7.58. The van der Waals surface area contributed by atoms with Crippen LogP contribution in [0.15, 0.2) is 24.3 Å². The zero-order chi connectivity index (χ0) is 12.5. The van der Waals surface area contributed by atoms with Crippen molar-refractivity contribution in [3.8, 4) is 11.5 Å². The fourth-order valence-corrected chi connectivity index (χ4v) is 2.10. The summed E-state index contributed by atoms with van der Waals surface area (Å²) >= 11 is 1.80. The summed E-state index contributed by atoms with van der Waals surface area (Å²) < 4.78 is 10.6. The molecule has 0 spiro atoms. The van der Waals surface area contributed by atoms with Crippen molar-refractivity contribution in [2.45, 2.75) is 6.92 Å². The van der Waals surface area contributed by atoms with Crippen molar-refractivity contribution >= 4 is 11.8 Å². The number of benzene rings is 1. The van der Waals surface area contributed by atoms with Gasteiger partial charge in [0.15, 0.2) is 0 Å². The highest BCUT2D eigenvalue weighted by Crippen LogP contribution is 2.17. The number of methoxy groups -OCH3 is 1. The van der Waals surface area contributed by atoms with Crippen LogP contribution in [0.5, 0.6) is 11.5 Å². The van der Waals surface area contributed by atoms with E-state index in [1.165, 1.54) is 0 Å². The fraction of sp³-hybridized carbons (Fsp3) is 0.538. The molecule has 0 aliphatic heterocycles. The average molecular weight is 256 g/mol. The van der Waals surface area contributed by atoms with E-state index in [0.717, 1.165) is 23.0 Å². The van der Waals surface area contributed by atoms with Crippen LogP contribution >= 0.6 is 11.8 Å². The van der Waals surface area contributed by atoms with Gasteiger partial charge in [-0.1, -0.05) is 6.92 Å². The number of aliphatic hydroxyl groups is 1. The second kappa shape index (κ2) is 8.25. The van der Waals surface area contributed by atoms with Crippen molar-refractivity contribution in [3.05, 3.63) is 24.3 Å². The molecule has 4 heteroatoms. The van der Waals surface area contributed by atoms with Crippen LogP contribution in [-0.2, 0) is 0 Å². The molecule has 0 aliphatic rings. The molecule has 0 saturated heterocycles. The number of hydrogen-bond donors (Lipinski definition) is 1. The van der Waals surface area contributed by atoms with Crippen molar-refractivity contribution in [2.24, 2.45) is 5.92 Å². The van der Waals surface area contributed by atoms with Gasteiger partial charge in [0.25, 0.3) is 0 Å². The van der Waals surface area contributed by atoms with E-state index < -0.39 is 0 Å². The van der Waals surface area contributed by atoms with Gasteiger partial charge in [-0.05, 0) is 35.9 Å². The number of hydrogen-bond acceptors (Lipinski definition) is 4. The largest absolute Gasteiger partial charge is 0.497 e. The summed E-state index contributed by atoms with van der Waals surface area (Å²) in [4.78, 5) is 0. The summed E-state index contributed by atoms with van der Waals surface area (Å²) in [6.07, 6.45) is 0. The maximum absolute atomic E-state index is 8.86. The van der Waals surface area contributed by atoms with Crippen LogP contribution in [0.3, 0.4) is 0 Å². The van der Waals surface area contributed by atoms with E-state index in [9.17, 15) is 0 Å². The molecule has 1 atom stereocenters. The molecule has 0 bridgehead atoms. The van der Waals surface area contributed by atoms with Crippen LogP contribution in [0.1, 0.15) is 6.92 Å². The predicted molar refractivity (Wildman–Crippen MR) is 72.1 cm³/mol. The quantitative estimate of drug-likeness (QED) is 0.725. The van der Waals surface area contributed by atoms with E-state index >= 15 is 0 Å². The smallest absolute Gasteiger partial charge is 0.119 e. The first kappa shape index (κ1) is 14.2. The van der Waals surface area contributed by atoms with Crippen molar-refractivity contribution in [3.63, 3.8) is 0 Å². The minimum atomic E-state index is 0.256. The maximum Gasteiger partial charge on any atom is 0.119 e. The molecule has 0 saturated carbocycles. The van der Waals surface area contributed by atoms with Crippen LogP contribution < -0.4 is 9.47 Å². The molecule has 1 N–H and O–H groups in total. The molecule has 0 heterocycles. The van der Waals surface area contributed by atoms with Gasteiger partial charge < -0.3 is 14.6 Å². The fourth-order valence-electron chi connectivity index (χ4n) is 1.23. The Bertz CT molecular complexity index is 300. The lowest BCUT2D eigenvalue weighted by atomic mass is 10.2. The van der Waals surface area contributed by atoms with Crippen molar-refractivity contribution in [1.29, 1.82) is 0 Å². The molecule has 3 nitrogen and oxygen atoms in total. The lowest BCUT2D eigenvalue weighted by Gasteiger charge is -2.09. The second-order valence-corrected chi connectivity index (χ2v) is 5.04. The van der Waals surface area contributed by atoms with Gasteiger partial charge in [-0.15, -0.1) is 0 Å². The molecule has 0 aliphatic carbocycles. The van der Waals surface area contributed by atoms with E-state index in [-0.39, 0.29) is 6.61 Å². The van der Waals surface area contributed by atoms with Crippen LogP contribution in [-0.4, -0.2) is 36.9 Å². The van der Waals surface area contributed by atoms with E-state index in [2.05, 4.69) is 0 Å². The highest BCUT2D eigenvalue weighted by molar-refractivity contribution is 7.99. The minimum absolute atomic E-state index is 0.256. The van der Waals surface area contributed by atoms with Gasteiger partial charge in [0, 0.05) is 12.4 Å². The molecule has 0 amide bonds. The first-order valence-corrected chi connectivity index (χ1v) is 6.87. The van der Waals surface area contributed by atoms with Crippen LogP contribution in [0.2, 0.25) is 0 Å². The first-order chi connectivity index (χ1) is 8.26. The Labute approximate surface area is 107 Å². The van der Waals surface area contributed by atoms with Crippen molar-refractivity contribution in [2.75, 3.05) is 31.8 Å². The third-order valence-electron chi connectivity index (χ3n) is 2.27. The van der Waals surface area contributed by atoms with E-state index in [0.29, 0.717) is 12.5 Å². The summed E-state index contributed by atoms with van der Waals surface area (Å²) in [5, 5.41) is 8.86. The monoisotopic (exact) mass is 256 g/mol. The zero-order valence-electron chi connectivity index (χ0n) is 10.4. The molecule has 1 aromatic rings. The summed E-state index contributed by atoms with van der Waals surface area (Å²) in [6.45, 7) is 2.98. The Hall–Kier alpha value is -0.870. The van der Waals surface area contributed by atoms with E-state index in [1.807, 2.05) is 31.2 Å². The normalized spacial score (nSPS) is 12.2. The Morgan fingerprint density at radius 1 is 1.24 bits per heavy atom. The average Bonchev–Trinajstić information content (AvgIpc) is 2.38. The van der Waals surface area contributed by atoms with Gasteiger partial charge in [0.2, 0.25) is 0 Å². The van der Waals surface area contributed by atoms with Gasteiger partial charge in [-0.3, -0.25) is 0 Å². The van der Waals surface area contributed by atoms with Crippen LogP contribution in [0.25, 0.3) is 0 Å². The number of rotatable bonds is 8. The Balaban J connectivity index is 2.13. The molecular formula is C13H20O3S. The molecule has 0 fully saturated rings. The summed E-state index contributed by atoms with van der Waals surface area (Å²) in [5.74, 6) is 3.98.